The molecule has 15 aromatic carbocycles. The number of nitrogens with zero attached hydrogens (tertiary/aromatic N) is 5. The van der Waals surface area contributed by atoms with Gasteiger partial charge in [0.2, 0.25) is 0 Å². The van der Waals surface area contributed by atoms with Crippen molar-refractivity contribution in [1.29, 1.82) is 0 Å². The summed E-state index contributed by atoms with van der Waals surface area (Å²) in [5.41, 5.74) is 27.1. The Morgan fingerprint density at radius 2 is 0.515 bits per heavy atom. The summed E-state index contributed by atoms with van der Waals surface area (Å²) in [7, 11) is 0. The lowest BCUT2D eigenvalue weighted by Crippen LogP contribution is -2.00. The van der Waals surface area contributed by atoms with Gasteiger partial charge in [-0.25, -0.2) is 15.0 Å². The molecule has 0 aliphatic heterocycles. The fraction of sp³-hybridized carbons (Fsp3) is 0. The van der Waals surface area contributed by atoms with Crippen molar-refractivity contribution in [2.24, 2.45) is 0 Å². The number of aromatic nitrogens is 5. The molecule has 19 aromatic rings. The first-order valence-corrected chi connectivity index (χ1v) is 33.6. The molecule has 4 heterocycles. The SMILES string of the molecule is c1ccc(-c2nc(-c3ccccc3)nc(-c3cccc(-c4cccc(-c5cccc(-c6cc(-c7cccc(-c8cccc(-c9cccc(-n%10c%11ccccc%11c%11cc(-c%12cccc(-n%13c%14ccccc%14c%14ccccc%14%13)c%12)ccc%11%10)c9)c8)c7)cc7c6oc6ccccc67)c5)c4)c3)n2)cc1. The van der Waals surface area contributed by atoms with E-state index in [1.165, 1.54) is 49.2 Å². The normalized spacial score (nSPS) is 11.6. The Kier molecular flexibility index (Phi) is 13.8. The Morgan fingerprint density at radius 1 is 0.192 bits per heavy atom. The fourth-order valence-electron chi connectivity index (χ4n) is 14.8. The Bertz CT molecular complexity index is 6260. The second-order valence-electron chi connectivity index (χ2n) is 25.5. The third kappa shape index (κ3) is 10.3. The van der Waals surface area contributed by atoms with Crippen molar-refractivity contribution < 1.29 is 4.42 Å². The monoisotopic (exact) mass is 1260 g/mol. The molecule has 462 valence electrons. The number of hydrogen-bond donors (Lipinski definition) is 0. The zero-order valence-electron chi connectivity index (χ0n) is 53.7. The van der Waals surface area contributed by atoms with Crippen LogP contribution in [0.5, 0.6) is 0 Å². The largest absolute Gasteiger partial charge is 0.455 e. The summed E-state index contributed by atoms with van der Waals surface area (Å²) >= 11 is 0. The standard InChI is InChI=1S/C93H59N5O/c1-3-22-60(23-4-1)91-94-92(61-24-5-2-6-25-61)96-93(95-91)74-37-19-32-68(54-74)64-28-15-27-63(50-64)67-31-18-36-73(53-67)82-58-75(59-84-81-43-10-14-47-89(81)99-90(82)84)69-33-17-29-65(52-69)62-26-16-30-66(51-62)70-34-20-39-77(55-70)98-87-46-13-9-42-80(87)83-57-72(48-49-88(83)98)71-35-21-38-76(56-71)97-85-44-11-7-40-78(85)79-41-8-12-45-86(79)97/h1-59H. The summed E-state index contributed by atoms with van der Waals surface area (Å²) in [6.07, 6.45) is 0. The zero-order valence-corrected chi connectivity index (χ0v) is 53.7. The molecule has 4 aromatic heterocycles. The number of furan rings is 1. The van der Waals surface area contributed by atoms with Crippen LogP contribution < -0.4 is 0 Å². The summed E-state index contributed by atoms with van der Waals surface area (Å²) in [6.45, 7) is 0. The number of fused-ring (bicyclic) bond motifs is 9. The molecule has 0 amide bonds. The van der Waals surface area contributed by atoms with Crippen molar-refractivity contribution >= 4 is 65.6 Å². The first-order valence-electron chi connectivity index (χ1n) is 33.6. The Morgan fingerprint density at radius 3 is 1.01 bits per heavy atom. The van der Waals surface area contributed by atoms with Gasteiger partial charge in [0.05, 0.1) is 22.1 Å². The first kappa shape index (κ1) is 57.2. The van der Waals surface area contributed by atoms with E-state index in [0.29, 0.717) is 17.5 Å². The van der Waals surface area contributed by atoms with Crippen molar-refractivity contribution in [3.63, 3.8) is 0 Å². The summed E-state index contributed by atoms with van der Waals surface area (Å²) in [4.78, 5) is 15.0. The fourth-order valence-corrected chi connectivity index (χ4v) is 14.8. The van der Waals surface area contributed by atoms with Gasteiger partial charge < -0.3 is 13.6 Å². The summed E-state index contributed by atoms with van der Waals surface area (Å²) in [5, 5.41) is 7.11. The highest BCUT2D eigenvalue weighted by Gasteiger charge is 2.21. The Labute approximate surface area is 571 Å². The summed E-state index contributed by atoms with van der Waals surface area (Å²) in [5.74, 6) is 1.88. The molecule has 0 aliphatic carbocycles. The van der Waals surface area contributed by atoms with Gasteiger partial charge in [-0.05, 0) is 175 Å². The van der Waals surface area contributed by atoms with Crippen molar-refractivity contribution in [3.8, 4) is 123 Å². The predicted octanol–water partition coefficient (Wildman–Crippen LogP) is 24.6. The van der Waals surface area contributed by atoms with Crippen LogP contribution in [0.15, 0.2) is 362 Å². The first-order chi connectivity index (χ1) is 49.0. The molecule has 99 heavy (non-hydrogen) atoms. The number of para-hydroxylation sites is 4. The van der Waals surface area contributed by atoms with Gasteiger partial charge in [0.25, 0.3) is 0 Å². The van der Waals surface area contributed by atoms with E-state index < -0.39 is 0 Å². The molecular weight excluding hydrogens is 1200 g/mol. The highest BCUT2D eigenvalue weighted by atomic mass is 16.3. The highest BCUT2D eigenvalue weighted by molar-refractivity contribution is 6.13. The van der Waals surface area contributed by atoms with E-state index in [9.17, 15) is 0 Å². The Balaban J connectivity index is 0.635. The maximum Gasteiger partial charge on any atom is 0.164 e. The van der Waals surface area contributed by atoms with Crippen LogP contribution in [0.25, 0.3) is 189 Å². The molecule has 0 bridgehead atoms. The molecule has 0 aliphatic rings. The smallest absolute Gasteiger partial charge is 0.164 e. The molecular formula is C93H59N5O. The van der Waals surface area contributed by atoms with E-state index in [0.717, 1.165) is 122 Å². The molecule has 0 atom stereocenters. The third-order valence-corrected chi connectivity index (χ3v) is 19.5. The maximum absolute atomic E-state index is 6.83. The van der Waals surface area contributed by atoms with Crippen LogP contribution in [-0.2, 0) is 0 Å². The van der Waals surface area contributed by atoms with Crippen molar-refractivity contribution in [3.05, 3.63) is 358 Å². The van der Waals surface area contributed by atoms with Crippen LogP contribution in [0, 0.1) is 0 Å². The molecule has 0 saturated carbocycles. The van der Waals surface area contributed by atoms with Crippen molar-refractivity contribution in [2.75, 3.05) is 0 Å². The lowest BCUT2D eigenvalue weighted by atomic mass is 9.92. The van der Waals surface area contributed by atoms with Gasteiger partial charge in [-0.2, -0.15) is 0 Å². The van der Waals surface area contributed by atoms with Crippen LogP contribution in [0.4, 0.5) is 0 Å². The number of hydrogen-bond acceptors (Lipinski definition) is 4. The van der Waals surface area contributed by atoms with Gasteiger partial charge in [-0.3, -0.25) is 0 Å². The number of benzene rings is 15. The minimum atomic E-state index is 0.619. The van der Waals surface area contributed by atoms with Gasteiger partial charge >= 0.3 is 0 Å². The lowest BCUT2D eigenvalue weighted by molar-refractivity contribution is 0.670. The summed E-state index contributed by atoms with van der Waals surface area (Å²) in [6, 6.07) is 128. The lowest BCUT2D eigenvalue weighted by Gasteiger charge is -2.13. The van der Waals surface area contributed by atoms with Crippen LogP contribution in [-0.4, -0.2) is 24.1 Å². The van der Waals surface area contributed by atoms with Gasteiger partial charge in [-0.1, -0.05) is 255 Å². The van der Waals surface area contributed by atoms with Gasteiger partial charge in [0.1, 0.15) is 11.2 Å². The maximum atomic E-state index is 6.83. The zero-order chi connectivity index (χ0) is 65.3. The van der Waals surface area contributed by atoms with Gasteiger partial charge in [0, 0.05) is 65.9 Å². The van der Waals surface area contributed by atoms with E-state index in [1.807, 2.05) is 66.7 Å². The van der Waals surface area contributed by atoms with Gasteiger partial charge in [0.15, 0.2) is 17.5 Å². The predicted molar refractivity (Wildman–Crippen MR) is 410 cm³/mol. The van der Waals surface area contributed by atoms with E-state index >= 15 is 0 Å². The van der Waals surface area contributed by atoms with Crippen LogP contribution in [0.2, 0.25) is 0 Å². The molecule has 0 unspecified atom stereocenters. The van der Waals surface area contributed by atoms with Crippen LogP contribution in [0.3, 0.4) is 0 Å². The topological polar surface area (TPSA) is 61.7 Å². The average Bonchev–Trinajstić information content (AvgIpc) is 1.62. The molecule has 0 spiro atoms. The molecule has 6 heteroatoms. The minimum absolute atomic E-state index is 0.619. The Hall–Kier alpha value is -13.3. The third-order valence-electron chi connectivity index (χ3n) is 19.5. The van der Waals surface area contributed by atoms with Crippen molar-refractivity contribution in [2.45, 2.75) is 0 Å². The highest BCUT2D eigenvalue weighted by Crippen LogP contribution is 2.44. The molecule has 0 radical (unpaired) electrons. The van der Waals surface area contributed by atoms with E-state index in [-0.39, 0.29) is 0 Å². The minimum Gasteiger partial charge on any atom is -0.455 e. The van der Waals surface area contributed by atoms with E-state index in [4.69, 9.17) is 19.4 Å². The van der Waals surface area contributed by atoms with E-state index in [2.05, 4.69) is 300 Å². The second-order valence-corrected chi connectivity index (χ2v) is 25.5. The summed E-state index contributed by atoms with van der Waals surface area (Å²) < 4.78 is 11.6. The quantitative estimate of drug-likeness (QED) is 0.122. The van der Waals surface area contributed by atoms with Crippen molar-refractivity contribution in [1.82, 2.24) is 24.1 Å². The molecule has 0 saturated heterocycles. The van der Waals surface area contributed by atoms with E-state index in [1.54, 1.807) is 0 Å². The molecule has 6 nitrogen and oxygen atoms in total. The van der Waals surface area contributed by atoms with Crippen LogP contribution in [0.1, 0.15) is 0 Å². The second kappa shape index (κ2) is 23.9. The molecule has 0 N–H and O–H groups in total. The average molecular weight is 1260 g/mol. The van der Waals surface area contributed by atoms with Crippen LogP contribution >= 0.6 is 0 Å². The van der Waals surface area contributed by atoms with Gasteiger partial charge in [-0.15, -0.1) is 0 Å². The number of rotatable bonds is 12. The molecule has 0 fully saturated rings. The molecule has 19 rings (SSSR count).